The van der Waals surface area contributed by atoms with E-state index >= 15 is 0 Å². The molecule has 8 heteroatoms. The molecule has 7 nitrogen and oxygen atoms in total. The molecule has 0 aliphatic heterocycles. The number of aromatic amines is 1. The highest BCUT2D eigenvalue weighted by molar-refractivity contribution is 7.92. The highest BCUT2D eigenvalue weighted by atomic mass is 32.2. The number of pyridine rings is 1. The van der Waals surface area contributed by atoms with E-state index in [1.807, 2.05) is 18.2 Å². The van der Waals surface area contributed by atoms with Crippen LogP contribution in [0.5, 0.6) is 5.75 Å². The van der Waals surface area contributed by atoms with E-state index in [-0.39, 0.29) is 4.90 Å². The van der Waals surface area contributed by atoms with Gasteiger partial charge >= 0.3 is 0 Å². The zero-order valence-corrected chi connectivity index (χ0v) is 15.2. The molecule has 136 valence electrons. The van der Waals surface area contributed by atoms with Gasteiger partial charge in [0.25, 0.3) is 10.0 Å². The molecule has 0 bridgehead atoms. The van der Waals surface area contributed by atoms with Crippen LogP contribution in [0.2, 0.25) is 0 Å². The number of rotatable bonds is 5. The van der Waals surface area contributed by atoms with Crippen LogP contribution in [0.25, 0.3) is 22.4 Å². The molecule has 0 fully saturated rings. The van der Waals surface area contributed by atoms with E-state index in [1.54, 1.807) is 36.7 Å². The molecule has 0 unspecified atom stereocenters. The van der Waals surface area contributed by atoms with E-state index in [1.165, 1.54) is 19.2 Å². The van der Waals surface area contributed by atoms with Crippen LogP contribution in [0.4, 0.5) is 5.69 Å². The van der Waals surface area contributed by atoms with Crippen molar-refractivity contribution in [3.63, 3.8) is 0 Å². The fraction of sp³-hybridized carbons (Fsp3) is 0.0526. The van der Waals surface area contributed by atoms with Crippen molar-refractivity contribution in [3.05, 3.63) is 67.0 Å². The Morgan fingerprint density at radius 1 is 1.00 bits per heavy atom. The summed E-state index contributed by atoms with van der Waals surface area (Å²) in [5, 5.41) is 0. The summed E-state index contributed by atoms with van der Waals surface area (Å²) in [5.41, 5.74) is 2.54. The van der Waals surface area contributed by atoms with Gasteiger partial charge in [0, 0.05) is 18.0 Å². The SMILES string of the molecule is COc1ccc(S(=O)(=O)Nc2cccc3[nH]c(-c4ccncc4)nc23)cc1. The Kier molecular flexibility index (Phi) is 4.25. The summed E-state index contributed by atoms with van der Waals surface area (Å²) in [6, 6.07) is 15.2. The molecule has 2 aromatic carbocycles. The fourth-order valence-electron chi connectivity index (χ4n) is 2.72. The van der Waals surface area contributed by atoms with E-state index in [9.17, 15) is 8.42 Å². The maximum absolute atomic E-state index is 12.7. The zero-order chi connectivity index (χ0) is 18.9. The lowest BCUT2D eigenvalue weighted by atomic mass is 10.2. The molecule has 4 rings (SSSR count). The molecule has 4 aromatic rings. The number of imidazole rings is 1. The number of nitrogens with one attached hydrogen (secondary N) is 2. The first-order valence-corrected chi connectivity index (χ1v) is 9.61. The lowest BCUT2D eigenvalue weighted by Gasteiger charge is -2.09. The summed E-state index contributed by atoms with van der Waals surface area (Å²) in [6.45, 7) is 0. The standard InChI is InChI=1S/C19H16N4O3S/c1-26-14-5-7-15(8-6-14)27(24,25)23-17-4-2-3-16-18(17)22-19(21-16)13-9-11-20-12-10-13/h2-12,23H,1H3,(H,21,22). The van der Waals surface area contributed by atoms with Crippen LogP contribution in [-0.4, -0.2) is 30.5 Å². The topological polar surface area (TPSA) is 97.0 Å². The fourth-order valence-corrected chi connectivity index (χ4v) is 3.79. The largest absolute Gasteiger partial charge is 0.497 e. The van der Waals surface area contributed by atoms with Gasteiger partial charge in [-0.25, -0.2) is 13.4 Å². The van der Waals surface area contributed by atoms with Gasteiger partial charge in [-0.3, -0.25) is 9.71 Å². The summed E-state index contributed by atoms with van der Waals surface area (Å²) in [5.74, 6) is 1.23. The Labute approximate surface area is 156 Å². The number of benzene rings is 2. The smallest absolute Gasteiger partial charge is 0.261 e. The van der Waals surface area contributed by atoms with Crippen LogP contribution < -0.4 is 9.46 Å². The number of aromatic nitrogens is 3. The third-order valence-corrected chi connectivity index (χ3v) is 5.46. The molecular formula is C19H16N4O3S. The number of nitrogens with zero attached hydrogens (tertiary/aromatic N) is 2. The lowest BCUT2D eigenvalue weighted by Crippen LogP contribution is -2.13. The normalized spacial score (nSPS) is 11.4. The highest BCUT2D eigenvalue weighted by Crippen LogP contribution is 2.27. The lowest BCUT2D eigenvalue weighted by molar-refractivity contribution is 0.414. The second-order valence-corrected chi connectivity index (χ2v) is 7.49. The minimum atomic E-state index is -3.75. The van der Waals surface area contributed by atoms with E-state index < -0.39 is 10.0 Å². The van der Waals surface area contributed by atoms with Crippen LogP contribution in [-0.2, 0) is 10.0 Å². The molecule has 0 spiro atoms. The summed E-state index contributed by atoms with van der Waals surface area (Å²) >= 11 is 0. The van der Waals surface area contributed by atoms with Crippen LogP contribution in [0.1, 0.15) is 0 Å². The quantitative estimate of drug-likeness (QED) is 0.553. The van der Waals surface area contributed by atoms with Gasteiger partial charge in [-0.1, -0.05) is 6.07 Å². The number of para-hydroxylation sites is 1. The predicted molar refractivity (Wildman–Crippen MR) is 103 cm³/mol. The molecule has 2 heterocycles. The molecule has 0 saturated carbocycles. The average molecular weight is 380 g/mol. The first kappa shape index (κ1) is 17.0. The van der Waals surface area contributed by atoms with Gasteiger partial charge in [-0.2, -0.15) is 0 Å². The summed E-state index contributed by atoms with van der Waals surface area (Å²) in [7, 11) is -2.23. The first-order valence-electron chi connectivity index (χ1n) is 8.13. The number of fused-ring (bicyclic) bond motifs is 1. The molecule has 0 amide bonds. The molecule has 0 radical (unpaired) electrons. The second kappa shape index (κ2) is 6.73. The van der Waals surface area contributed by atoms with E-state index in [0.717, 1.165) is 11.1 Å². The highest BCUT2D eigenvalue weighted by Gasteiger charge is 2.17. The maximum atomic E-state index is 12.7. The van der Waals surface area contributed by atoms with Crippen molar-refractivity contribution in [2.24, 2.45) is 0 Å². The van der Waals surface area contributed by atoms with E-state index in [4.69, 9.17) is 4.74 Å². The van der Waals surface area contributed by atoms with Gasteiger partial charge in [0.1, 0.15) is 17.1 Å². The number of hydrogen-bond acceptors (Lipinski definition) is 5. The summed E-state index contributed by atoms with van der Waals surface area (Å²) in [6.07, 6.45) is 3.35. The van der Waals surface area contributed by atoms with Crippen LogP contribution in [0.15, 0.2) is 71.9 Å². The molecule has 2 aromatic heterocycles. The number of hydrogen-bond donors (Lipinski definition) is 2. The first-order chi connectivity index (χ1) is 13.1. The molecule has 27 heavy (non-hydrogen) atoms. The molecule has 0 saturated heterocycles. The van der Waals surface area contributed by atoms with Gasteiger partial charge in [-0.15, -0.1) is 0 Å². The van der Waals surface area contributed by atoms with Crippen molar-refractivity contribution in [2.75, 3.05) is 11.8 Å². The van der Waals surface area contributed by atoms with E-state index in [0.29, 0.717) is 22.8 Å². The Balaban J connectivity index is 1.72. The van der Waals surface area contributed by atoms with Gasteiger partial charge < -0.3 is 9.72 Å². The minimum absolute atomic E-state index is 0.144. The minimum Gasteiger partial charge on any atom is -0.497 e. The Bertz CT molecular complexity index is 1190. The third kappa shape index (κ3) is 3.34. The Morgan fingerprint density at radius 2 is 1.74 bits per heavy atom. The zero-order valence-electron chi connectivity index (χ0n) is 14.4. The van der Waals surface area contributed by atoms with Crippen LogP contribution in [0.3, 0.4) is 0 Å². The molecular weight excluding hydrogens is 364 g/mol. The van der Waals surface area contributed by atoms with Crippen molar-refractivity contribution in [2.45, 2.75) is 4.90 Å². The van der Waals surface area contributed by atoms with Crippen LogP contribution in [0, 0.1) is 0 Å². The Hall–Kier alpha value is -3.39. The molecule has 0 aliphatic rings. The Morgan fingerprint density at radius 3 is 2.44 bits per heavy atom. The van der Waals surface area contributed by atoms with Crippen molar-refractivity contribution in [1.82, 2.24) is 15.0 Å². The summed E-state index contributed by atoms with van der Waals surface area (Å²) < 4.78 is 33.1. The van der Waals surface area contributed by atoms with Gasteiger partial charge in [0.05, 0.1) is 23.2 Å². The molecule has 2 N–H and O–H groups in total. The van der Waals surface area contributed by atoms with E-state index in [2.05, 4.69) is 19.7 Å². The second-order valence-electron chi connectivity index (χ2n) is 5.80. The van der Waals surface area contributed by atoms with Gasteiger partial charge in [-0.05, 0) is 48.5 Å². The van der Waals surface area contributed by atoms with Crippen molar-refractivity contribution in [3.8, 4) is 17.1 Å². The predicted octanol–water partition coefficient (Wildman–Crippen LogP) is 3.43. The molecule has 0 aliphatic carbocycles. The third-order valence-electron chi connectivity index (χ3n) is 4.08. The average Bonchev–Trinajstić information content (AvgIpc) is 3.14. The monoisotopic (exact) mass is 380 g/mol. The number of sulfonamides is 1. The number of methoxy groups -OCH3 is 1. The number of H-pyrrole nitrogens is 1. The van der Waals surface area contributed by atoms with Gasteiger partial charge in [0.15, 0.2) is 0 Å². The van der Waals surface area contributed by atoms with Crippen molar-refractivity contribution >= 4 is 26.7 Å². The van der Waals surface area contributed by atoms with Crippen molar-refractivity contribution < 1.29 is 13.2 Å². The van der Waals surface area contributed by atoms with Gasteiger partial charge in [0.2, 0.25) is 0 Å². The molecule has 0 atom stereocenters. The number of ether oxygens (including phenoxy) is 1. The number of anilines is 1. The van der Waals surface area contributed by atoms with Crippen molar-refractivity contribution in [1.29, 1.82) is 0 Å². The maximum Gasteiger partial charge on any atom is 0.261 e. The summed E-state index contributed by atoms with van der Waals surface area (Å²) in [4.78, 5) is 11.9. The van der Waals surface area contributed by atoms with Crippen LogP contribution >= 0.6 is 0 Å².